The summed E-state index contributed by atoms with van der Waals surface area (Å²) < 4.78 is 9.41. The molecule has 2 aromatic heterocycles. The number of nitrogens with zero attached hydrogens (tertiary/aromatic N) is 4. The van der Waals surface area contributed by atoms with Crippen molar-refractivity contribution in [2.75, 3.05) is 13.2 Å². The molecule has 0 aliphatic carbocycles. The fraction of sp³-hybridized carbons (Fsp3) is 0.150. The fourth-order valence-corrected chi connectivity index (χ4v) is 3.10. The van der Waals surface area contributed by atoms with Crippen LogP contribution in [-0.4, -0.2) is 38.4 Å². The predicted octanol–water partition coefficient (Wildman–Crippen LogP) is 3.07. The second-order valence-corrected chi connectivity index (χ2v) is 6.65. The maximum Gasteiger partial charge on any atom is 0.258 e. The molecular formula is C20H18ClN5O2. The Kier molecular flexibility index (Phi) is 5.25. The third-order valence-electron chi connectivity index (χ3n) is 4.32. The van der Waals surface area contributed by atoms with E-state index in [1.54, 1.807) is 23.3 Å². The Morgan fingerprint density at radius 1 is 1.11 bits per heavy atom. The van der Waals surface area contributed by atoms with Crippen LogP contribution in [0.3, 0.4) is 0 Å². The molecule has 0 unspecified atom stereocenters. The van der Waals surface area contributed by atoms with Crippen LogP contribution in [0.25, 0.3) is 16.6 Å². The molecule has 0 saturated carbocycles. The molecule has 0 spiro atoms. The second kappa shape index (κ2) is 8.14. The molecular weight excluding hydrogens is 378 g/mol. The van der Waals surface area contributed by atoms with Crippen LogP contribution in [0.1, 0.15) is 0 Å². The first-order valence-electron chi connectivity index (χ1n) is 8.78. The van der Waals surface area contributed by atoms with Gasteiger partial charge < -0.3 is 14.6 Å². The van der Waals surface area contributed by atoms with E-state index < -0.39 is 0 Å². The highest BCUT2D eigenvalue weighted by atomic mass is 35.5. The zero-order chi connectivity index (χ0) is 19.3. The van der Waals surface area contributed by atoms with Crippen molar-refractivity contribution in [3.05, 3.63) is 72.4 Å². The van der Waals surface area contributed by atoms with Crippen LogP contribution >= 0.6 is 11.6 Å². The Balaban J connectivity index is 1.28. The normalized spacial score (nSPS) is 10.9. The van der Waals surface area contributed by atoms with E-state index in [2.05, 4.69) is 20.1 Å². The Bertz CT molecular complexity index is 1090. The molecule has 0 atom stereocenters. The van der Waals surface area contributed by atoms with E-state index in [0.29, 0.717) is 23.9 Å². The molecule has 7 nitrogen and oxygen atoms in total. The summed E-state index contributed by atoms with van der Waals surface area (Å²) in [5.74, 6) is 0.427. The second-order valence-electron chi connectivity index (χ2n) is 6.22. The molecule has 1 amide bonds. The summed E-state index contributed by atoms with van der Waals surface area (Å²) in [4.78, 5) is 12.1. The standard InChI is InChI=1S/C20H18ClN5O2/c21-16-5-4-15-6-8-25(19(15)10-16)9-7-22-20(27)12-28-18-3-1-2-17(11-18)26-13-23-24-14-26/h1-6,8,10-11,13-14H,7,9,12H2,(H,22,27). The smallest absolute Gasteiger partial charge is 0.258 e. The van der Waals surface area contributed by atoms with E-state index in [-0.39, 0.29) is 12.5 Å². The van der Waals surface area contributed by atoms with E-state index in [4.69, 9.17) is 16.3 Å². The van der Waals surface area contributed by atoms with E-state index in [1.807, 2.05) is 48.7 Å². The lowest BCUT2D eigenvalue weighted by Crippen LogP contribution is -2.31. The Morgan fingerprint density at radius 2 is 1.96 bits per heavy atom. The summed E-state index contributed by atoms with van der Waals surface area (Å²) in [6.45, 7) is 1.10. The lowest BCUT2D eigenvalue weighted by atomic mass is 10.2. The summed E-state index contributed by atoms with van der Waals surface area (Å²) in [5, 5.41) is 12.2. The third-order valence-corrected chi connectivity index (χ3v) is 4.55. The van der Waals surface area contributed by atoms with Gasteiger partial charge in [-0.3, -0.25) is 9.36 Å². The van der Waals surface area contributed by atoms with Crippen LogP contribution in [0, 0.1) is 0 Å². The van der Waals surface area contributed by atoms with Crippen LogP contribution in [-0.2, 0) is 11.3 Å². The SMILES string of the molecule is O=C(COc1cccc(-n2cnnc2)c1)NCCn1ccc2ccc(Cl)cc21. The number of carbonyl (C=O) groups excluding carboxylic acids is 1. The highest BCUT2D eigenvalue weighted by Crippen LogP contribution is 2.20. The topological polar surface area (TPSA) is 74.0 Å². The molecule has 0 bridgehead atoms. The molecule has 142 valence electrons. The van der Waals surface area contributed by atoms with Crippen molar-refractivity contribution in [3.63, 3.8) is 0 Å². The minimum Gasteiger partial charge on any atom is -0.484 e. The molecule has 28 heavy (non-hydrogen) atoms. The highest BCUT2D eigenvalue weighted by molar-refractivity contribution is 6.31. The van der Waals surface area contributed by atoms with Gasteiger partial charge in [0.25, 0.3) is 5.91 Å². The number of amides is 1. The number of aromatic nitrogens is 4. The Hall–Kier alpha value is -3.32. The predicted molar refractivity (Wildman–Crippen MR) is 107 cm³/mol. The number of carbonyl (C=O) groups is 1. The van der Waals surface area contributed by atoms with Gasteiger partial charge in [-0.1, -0.05) is 23.7 Å². The van der Waals surface area contributed by atoms with Crippen LogP contribution in [0.4, 0.5) is 0 Å². The van der Waals surface area contributed by atoms with E-state index in [9.17, 15) is 4.79 Å². The minimum absolute atomic E-state index is 0.0517. The largest absolute Gasteiger partial charge is 0.484 e. The minimum atomic E-state index is -0.177. The van der Waals surface area contributed by atoms with Crippen molar-refractivity contribution in [1.29, 1.82) is 0 Å². The Morgan fingerprint density at radius 3 is 2.82 bits per heavy atom. The molecule has 2 aromatic carbocycles. The molecule has 0 saturated heterocycles. The van der Waals surface area contributed by atoms with E-state index in [0.717, 1.165) is 16.6 Å². The zero-order valence-corrected chi connectivity index (χ0v) is 15.7. The number of halogens is 1. The number of hydrogen-bond donors (Lipinski definition) is 1. The lowest BCUT2D eigenvalue weighted by Gasteiger charge is -2.10. The average Bonchev–Trinajstić information content (AvgIpc) is 3.37. The molecule has 2 heterocycles. The van der Waals surface area contributed by atoms with Gasteiger partial charge in [0.15, 0.2) is 6.61 Å². The van der Waals surface area contributed by atoms with Gasteiger partial charge in [0.05, 0.1) is 5.69 Å². The first-order valence-corrected chi connectivity index (χ1v) is 9.16. The maximum absolute atomic E-state index is 12.1. The maximum atomic E-state index is 12.1. The number of rotatable bonds is 7. The Labute approximate surface area is 166 Å². The number of nitrogens with one attached hydrogen (secondary N) is 1. The molecule has 0 aliphatic rings. The number of benzene rings is 2. The van der Waals surface area contributed by atoms with Gasteiger partial charge in [0.2, 0.25) is 0 Å². The van der Waals surface area contributed by atoms with Crippen molar-refractivity contribution in [3.8, 4) is 11.4 Å². The first kappa shape index (κ1) is 18.1. The van der Waals surface area contributed by atoms with E-state index in [1.165, 1.54) is 0 Å². The summed E-state index contributed by atoms with van der Waals surface area (Å²) in [6, 6.07) is 15.2. The number of hydrogen-bond acceptors (Lipinski definition) is 4. The molecule has 0 fully saturated rings. The molecule has 1 N–H and O–H groups in total. The quantitative estimate of drug-likeness (QED) is 0.522. The molecule has 0 radical (unpaired) electrons. The highest BCUT2D eigenvalue weighted by Gasteiger charge is 2.06. The molecule has 8 heteroatoms. The summed E-state index contributed by atoms with van der Waals surface area (Å²) >= 11 is 6.07. The zero-order valence-electron chi connectivity index (χ0n) is 15.0. The summed E-state index contributed by atoms with van der Waals surface area (Å²) in [7, 11) is 0. The summed E-state index contributed by atoms with van der Waals surface area (Å²) in [6.07, 6.45) is 5.19. The van der Waals surface area contributed by atoms with Gasteiger partial charge in [-0.05, 0) is 35.7 Å². The molecule has 4 aromatic rings. The lowest BCUT2D eigenvalue weighted by molar-refractivity contribution is -0.123. The van der Waals surface area contributed by atoms with Gasteiger partial charge in [-0.25, -0.2) is 0 Å². The fourth-order valence-electron chi connectivity index (χ4n) is 2.94. The van der Waals surface area contributed by atoms with Gasteiger partial charge in [0.1, 0.15) is 18.4 Å². The van der Waals surface area contributed by atoms with Gasteiger partial charge in [-0.2, -0.15) is 0 Å². The number of fused-ring (bicyclic) bond motifs is 1. The molecule has 0 aliphatic heterocycles. The number of ether oxygens (including phenoxy) is 1. The van der Waals surface area contributed by atoms with Gasteiger partial charge in [0, 0.05) is 35.9 Å². The molecule has 4 rings (SSSR count). The third kappa shape index (κ3) is 4.15. The van der Waals surface area contributed by atoms with Crippen LogP contribution in [0.15, 0.2) is 67.4 Å². The van der Waals surface area contributed by atoms with Crippen molar-refractivity contribution in [2.24, 2.45) is 0 Å². The van der Waals surface area contributed by atoms with Gasteiger partial charge >= 0.3 is 0 Å². The van der Waals surface area contributed by atoms with E-state index >= 15 is 0 Å². The van der Waals surface area contributed by atoms with Crippen molar-refractivity contribution < 1.29 is 9.53 Å². The van der Waals surface area contributed by atoms with Crippen molar-refractivity contribution in [1.82, 2.24) is 24.6 Å². The van der Waals surface area contributed by atoms with Crippen molar-refractivity contribution in [2.45, 2.75) is 6.54 Å². The van der Waals surface area contributed by atoms with Crippen LogP contribution < -0.4 is 10.1 Å². The average molecular weight is 396 g/mol. The van der Waals surface area contributed by atoms with Crippen molar-refractivity contribution >= 4 is 28.4 Å². The summed E-state index contributed by atoms with van der Waals surface area (Å²) in [5.41, 5.74) is 1.91. The van der Waals surface area contributed by atoms with Crippen LogP contribution in [0.5, 0.6) is 5.75 Å². The van der Waals surface area contributed by atoms with Gasteiger partial charge in [-0.15, -0.1) is 10.2 Å². The van der Waals surface area contributed by atoms with Crippen LogP contribution in [0.2, 0.25) is 5.02 Å². The first-order chi connectivity index (χ1) is 13.7. The monoisotopic (exact) mass is 395 g/mol.